The molecule has 5 heteroatoms. The molecular weight excluding hydrogens is 379 g/mol. The molecule has 0 fully saturated rings. The Balaban J connectivity index is 1.67. The van der Waals surface area contributed by atoms with Crippen LogP contribution in [0.1, 0.15) is 32.7 Å². The van der Waals surface area contributed by atoms with Crippen molar-refractivity contribution >= 4 is 16.9 Å². The highest BCUT2D eigenvalue weighted by molar-refractivity contribution is 5.98. The summed E-state index contributed by atoms with van der Waals surface area (Å²) in [6.45, 7) is 3.50. The zero-order valence-electron chi connectivity index (χ0n) is 16.7. The smallest absolute Gasteiger partial charge is 0.352 e. The van der Waals surface area contributed by atoms with Gasteiger partial charge in [0.15, 0.2) is 0 Å². The van der Waals surface area contributed by atoms with E-state index in [-0.39, 0.29) is 11.5 Å². The van der Waals surface area contributed by atoms with Crippen LogP contribution in [0.2, 0.25) is 0 Å². The maximum absolute atomic E-state index is 13.3. The summed E-state index contributed by atoms with van der Waals surface area (Å²) in [7, 11) is 0. The molecule has 0 radical (unpaired) electrons. The van der Waals surface area contributed by atoms with E-state index in [0.717, 1.165) is 27.6 Å². The first-order valence-corrected chi connectivity index (χ1v) is 9.87. The van der Waals surface area contributed by atoms with E-state index in [4.69, 9.17) is 0 Å². The van der Waals surface area contributed by atoms with Crippen molar-refractivity contribution in [3.05, 3.63) is 107 Å². The molecule has 1 heterocycles. The predicted octanol–water partition coefficient (Wildman–Crippen LogP) is 5.13. The standard InChI is InChI=1S/C25H23FN2O2/c1-17-6-8-18(9-7-17)14-27-15-22-21-4-2-3-5-23(21)28(24(22)25(29)30)16-19-10-12-20(26)13-11-19/h2-13,27H,14-16H2,1H3,(H,29,30). The van der Waals surface area contributed by atoms with Gasteiger partial charge in [0.05, 0.1) is 0 Å². The fourth-order valence-electron chi connectivity index (χ4n) is 3.77. The molecule has 3 aromatic carbocycles. The minimum atomic E-state index is -0.972. The zero-order valence-corrected chi connectivity index (χ0v) is 16.7. The second kappa shape index (κ2) is 8.51. The van der Waals surface area contributed by atoms with Crippen LogP contribution in [-0.4, -0.2) is 15.6 Å². The van der Waals surface area contributed by atoms with Gasteiger partial charge in [-0.1, -0.05) is 60.2 Å². The number of halogens is 1. The average molecular weight is 402 g/mol. The number of aromatic carboxylic acids is 1. The van der Waals surface area contributed by atoms with Crippen molar-refractivity contribution in [3.63, 3.8) is 0 Å². The number of benzene rings is 3. The first-order valence-electron chi connectivity index (χ1n) is 9.87. The largest absolute Gasteiger partial charge is 0.477 e. The number of rotatable bonds is 7. The number of fused-ring (bicyclic) bond motifs is 1. The molecule has 0 aliphatic heterocycles. The van der Waals surface area contributed by atoms with Gasteiger partial charge in [-0.3, -0.25) is 0 Å². The third-order valence-electron chi connectivity index (χ3n) is 5.28. The molecule has 0 aliphatic carbocycles. The molecule has 0 spiro atoms. The number of hydrogen-bond donors (Lipinski definition) is 2. The molecule has 0 bridgehead atoms. The number of aromatic nitrogens is 1. The van der Waals surface area contributed by atoms with Crippen molar-refractivity contribution in [1.29, 1.82) is 0 Å². The van der Waals surface area contributed by atoms with Gasteiger partial charge in [-0.15, -0.1) is 0 Å². The van der Waals surface area contributed by atoms with Gasteiger partial charge >= 0.3 is 5.97 Å². The molecule has 4 rings (SSSR count). The Morgan fingerprint density at radius 1 is 0.933 bits per heavy atom. The number of hydrogen-bond acceptors (Lipinski definition) is 2. The van der Waals surface area contributed by atoms with Gasteiger partial charge in [0, 0.05) is 36.1 Å². The Bertz CT molecular complexity index is 1180. The maximum Gasteiger partial charge on any atom is 0.352 e. The van der Waals surface area contributed by atoms with Crippen LogP contribution in [0.25, 0.3) is 10.9 Å². The lowest BCUT2D eigenvalue weighted by Gasteiger charge is -2.10. The van der Waals surface area contributed by atoms with Crippen molar-refractivity contribution in [2.24, 2.45) is 0 Å². The van der Waals surface area contributed by atoms with E-state index in [9.17, 15) is 14.3 Å². The minimum absolute atomic E-state index is 0.261. The van der Waals surface area contributed by atoms with Crippen LogP contribution in [-0.2, 0) is 19.6 Å². The Morgan fingerprint density at radius 3 is 2.30 bits per heavy atom. The lowest BCUT2D eigenvalue weighted by Crippen LogP contribution is -2.17. The Morgan fingerprint density at radius 2 is 1.60 bits per heavy atom. The van der Waals surface area contributed by atoms with E-state index in [1.54, 1.807) is 16.7 Å². The molecule has 0 atom stereocenters. The first-order chi connectivity index (χ1) is 14.5. The van der Waals surface area contributed by atoms with E-state index in [1.165, 1.54) is 17.7 Å². The summed E-state index contributed by atoms with van der Waals surface area (Å²) in [5.41, 5.74) is 5.07. The number of nitrogens with zero attached hydrogens (tertiary/aromatic N) is 1. The topological polar surface area (TPSA) is 54.3 Å². The second-order valence-corrected chi connectivity index (χ2v) is 7.45. The van der Waals surface area contributed by atoms with Crippen molar-refractivity contribution in [2.75, 3.05) is 0 Å². The van der Waals surface area contributed by atoms with Crippen LogP contribution < -0.4 is 5.32 Å². The van der Waals surface area contributed by atoms with Crippen molar-refractivity contribution in [2.45, 2.75) is 26.6 Å². The Kier molecular flexibility index (Phi) is 5.63. The average Bonchev–Trinajstić information content (AvgIpc) is 3.05. The number of nitrogens with one attached hydrogen (secondary N) is 1. The molecule has 4 aromatic rings. The van der Waals surface area contributed by atoms with Crippen molar-refractivity contribution in [3.8, 4) is 0 Å². The highest BCUT2D eigenvalue weighted by atomic mass is 19.1. The second-order valence-electron chi connectivity index (χ2n) is 7.45. The van der Waals surface area contributed by atoms with Crippen LogP contribution in [0.15, 0.2) is 72.8 Å². The fourth-order valence-corrected chi connectivity index (χ4v) is 3.77. The van der Waals surface area contributed by atoms with E-state index in [2.05, 4.69) is 29.6 Å². The summed E-state index contributed by atoms with van der Waals surface area (Å²) in [5, 5.41) is 14.3. The highest BCUT2D eigenvalue weighted by Crippen LogP contribution is 2.28. The zero-order chi connectivity index (χ0) is 21.1. The summed E-state index contributed by atoms with van der Waals surface area (Å²) >= 11 is 0. The quantitative estimate of drug-likeness (QED) is 0.451. The van der Waals surface area contributed by atoms with Crippen LogP contribution in [0.4, 0.5) is 4.39 Å². The number of aryl methyl sites for hydroxylation is 1. The number of carboxylic acid groups (broad SMARTS) is 1. The van der Waals surface area contributed by atoms with Crippen LogP contribution >= 0.6 is 0 Å². The monoisotopic (exact) mass is 402 g/mol. The van der Waals surface area contributed by atoms with E-state index >= 15 is 0 Å². The summed E-state index contributed by atoms with van der Waals surface area (Å²) in [5.74, 6) is -1.28. The third kappa shape index (κ3) is 4.11. The summed E-state index contributed by atoms with van der Waals surface area (Å²) in [6.07, 6.45) is 0. The molecule has 0 amide bonds. The van der Waals surface area contributed by atoms with Crippen molar-refractivity contribution in [1.82, 2.24) is 9.88 Å². The van der Waals surface area contributed by atoms with Gasteiger partial charge < -0.3 is 15.0 Å². The van der Waals surface area contributed by atoms with Gasteiger partial charge in [0.25, 0.3) is 0 Å². The van der Waals surface area contributed by atoms with Crippen LogP contribution in [0.3, 0.4) is 0 Å². The predicted molar refractivity (Wildman–Crippen MR) is 116 cm³/mol. The minimum Gasteiger partial charge on any atom is -0.477 e. The lowest BCUT2D eigenvalue weighted by atomic mass is 10.1. The SMILES string of the molecule is Cc1ccc(CNCc2c(C(=O)O)n(Cc3ccc(F)cc3)c3ccccc23)cc1. The van der Waals surface area contributed by atoms with Crippen LogP contribution in [0, 0.1) is 12.7 Å². The molecule has 0 saturated heterocycles. The van der Waals surface area contributed by atoms with Gasteiger partial charge in [-0.2, -0.15) is 0 Å². The molecule has 30 heavy (non-hydrogen) atoms. The molecule has 152 valence electrons. The van der Waals surface area contributed by atoms with E-state index < -0.39 is 5.97 Å². The highest BCUT2D eigenvalue weighted by Gasteiger charge is 2.22. The normalized spacial score (nSPS) is 11.1. The molecular formula is C25H23FN2O2. The summed E-state index contributed by atoms with van der Waals surface area (Å²) in [6, 6.07) is 22.1. The van der Waals surface area contributed by atoms with Gasteiger partial charge in [-0.25, -0.2) is 9.18 Å². The van der Waals surface area contributed by atoms with Crippen LogP contribution in [0.5, 0.6) is 0 Å². The molecule has 0 unspecified atom stereocenters. The molecule has 2 N–H and O–H groups in total. The number of carbonyl (C=O) groups is 1. The molecule has 0 saturated carbocycles. The van der Waals surface area contributed by atoms with Crippen molar-refractivity contribution < 1.29 is 14.3 Å². The van der Waals surface area contributed by atoms with Gasteiger partial charge in [0.1, 0.15) is 11.5 Å². The van der Waals surface area contributed by atoms with Gasteiger partial charge in [-0.05, 0) is 36.2 Å². The van der Waals surface area contributed by atoms with Gasteiger partial charge in [0.2, 0.25) is 0 Å². The Labute approximate surface area is 174 Å². The first kappa shape index (κ1) is 19.9. The molecule has 0 aliphatic rings. The lowest BCUT2D eigenvalue weighted by molar-refractivity contribution is 0.0684. The molecule has 4 nitrogen and oxygen atoms in total. The third-order valence-corrected chi connectivity index (χ3v) is 5.28. The summed E-state index contributed by atoms with van der Waals surface area (Å²) < 4.78 is 15.1. The molecule has 1 aromatic heterocycles. The number of carboxylic acids is 1. The van der Waals surface area contributed by atoms with E-state index in [0.29, 0.717) is 19.6 Å². The Hall–Kier alpha value is -3.44. The summed E-state index contributed by atoms with van der Waals surface area (Å²) in [4.78, 5) is 12.2. The van der Waals surface area contributed by atoms with E-state index in [1.807, 2.05) is 31.2 Å². The fraction of sp³-hybridized carbons (Fsp3) is 0.160. The number of para-hydroxylation sites is 1. The maximum atomic E-state index is 13.3.